The van der Waals surface area contributed by atoms with E-state index in [1.165, 1.54) is 0 Å². The third-order valence-corrected chi connectivity index (χ3v) is 8.09. The van der Waals surface area contributed by atoms with Crippen molar-refractivity contribution >= 4 is 28.1 Å². The maximum Gasteiger partial charge on any atom is 0.304 e. The van der Waals surface area contributed by atoms with Crippen molar-refractivity contribution in [2.75, 3.05) is 4.90 Å². The average molecular weight is 542 g/mol. The fourth-order valence-electron chi connectivity index (χ4n) is 6.34. The van der Waals surface area contributed by atoms with E-state index < -0.39 is 5.54 Å². The second-order valence-corrected chi connectivity index (χ2v) is 10.4. The standard InChI is InChI=1S/C38H27N3O/c1-5-15-28(16-6-1)38(29-17-7-2-8-18-29)33-26-25-32(40(30-19-9-3-10-20-30)31-21-11-4-12-22-31)27-36(33)42-37-39-34-23-13-14-24-35(34)41(37)38/h1-27H. The normalized spacial score (nSPS) is 13.1. The Hall–Kier alpha value is -5.61. The largest absolute Gasteiger partial charge is 0.425 e. The summed E-state index contributed by atoms with van der Waals surface area (Å²) >= 11 is 0. The van der Waals surface area contributed by atoms with Gasteiger partial charge in [0.1, 0.15) is 11.3 Å². The van der Waals surface area contributed by atoms with Gasteiger partial charge in [-0.1, -0.05) is 115 Å². The van der Waals surface area contributed by atoms with Gasteiger partial charge in [-0.15, -0.1) is 0 Å². The molecule has 0 amide bonds. The number of hydrogen-bond donors (Lipinski definition) is 0. The number of para-hydroxylation sites is 4. The molecule has 0 unspecified atom stereocenters. The van der Waals surface area contributed by atoms with Gasteiger partial charge in [0.05, 0.1) is 11.0 Å². The van der Waals surface area contributed by atoms with Crippen LogP contribution in [0.15, 0.2) is 164 Å². The van der Waals surface area contributed by atoms with Crippen LogP contribution in [0.5, 0.6) is 11.8 Å². The van der Waals surface area contributed by atoms with Crippen molar-refractivity contribution in [1.29, 1.82) is 0 Å². The van der Waals surface area contributed by atoms with Crippen LogP contribution in [0.3, 0.4) is 0 Å². The molecule has 1 aliphatic heterocycles. The Kier molecular flexibility index (Phi) is 5.64. The highest BCUT2D eigenvalue weighted by atomic mass is 16.5. The minimum atomic E-state index is -0.704. The van der Waals surface area contributed by atoms with Crippen LogP contribution in [-0.2, 0) is 5.54 Å². The summed E-state index contributed by atoms with van der Waals surface area (Å²) in [5.74, 6) is 0.778. The number of nitrogens with zero attached hydrogens (tertiary/aromatic N) is 3. The van der Waals surface area contributed by atoms with Crippen molar-refractivity contribution in [1.82, 2.24) is 9.55 Å². The zero-order valence-corrected chi connectivity index (χ0v) is 22.8. The summed E-state index contributed by atoms with van der Waals surface area (Å²) in [6.45, 7) is 0. The van der Waals surface area contributed by atoms with Crippen molar-refractivity contribution in [3.05, 3.63) is 180 Å². The molecule has 7 aromatic rings. The molecule has 1 aromatic heterocycles. The van der Waals surface area contributed by atoms with E-state index in [0.717, 1.165) is 50.5 Å². The molecule has 4 nitrogen and oxygen atoms in total. The first-order valence-electron chi connectivity index (χ1n) is 14.2. The number of benzene rings is 6. The fraction of sp³-hybridized carbons (Fsp3) is 0.0263. The molecule has 200 valence electrons. The smallest absolute Gasteiger partial charge is 0.304 e. The predicted octanol–water partition coefficient (Wildman–Crippen LogP) is 9.45. The summed E-state index contributed by atoms with van der Waals surface area (Å²) in [5, 5.41) is 0. The maximum atomic E-state index is 6.75. The number of ether oxygens (including phenoxy) is 1. The molecule has 0 spiro atoms. The Morgan fingerprint density at radius 1 is 0.524 bits per heavy atom. The molecule has 0 radical (unpaired) electrons. The van der Waals surface area contributed by atoms with Gasteiger partial charge in [-0.2, -0.15) is 4.98 Å². The molecule has 6 aromatic carbocycles. The number of aromatic nitrogens is 2. The Morgan fingerprint density at radius 2 is 1.05 bits per heavy atom. The maximum absolute atomic E-state index is 6.75. The van der Waals surface area contributed by atoms with E-state index in [1.54, 1.807) is 0 Å². The second-order valence-electron chi connectivity index (χ2n) is 10.4. The van der Waals surface area contributed by atoms with E-state index in [-0.39, 0.29) is 0 Å². The molecular formula is C38H27N3O. The number of rotatable bonds is 5. The van der Waals surface area contributed by atoms with Gasteiger partial charge in [0.2, 0.25) is 0 Å². The Morgan fingerprint density at radius 3 is 1.64 bits per heavy atom. The first-order chi connectivity index (χ1) is 20.8. The summed E-state index contributed by atoms with van der Waals surface area (Å²) in [7, 11) is 0. The Balaban J connectivity index is 1.44. The van der Waals surface area contributed by atoms with Gasteiger partial charge < -0.3 is 9.64 Å². The topological polar surface area (TPSA) is 30.3 Å². The van der Waals surface area contributed by atoms with E-state index >= 15 is 0 Å². The summed E-state index contributed by atoms with van der Waals surface area (Å²) in [6.07, 6.45) is 0. The first-order valence-corrected chi connectivity index (χ1v) is 14.2. The van der Waals surface area contributed by atoms with Gasteiger partial charge in [0.25, 0.3) is 0 Å². The molecule has 0 atom stereocenters. The number of hydrogen-bond acceptors (Lipinski definition) is 3. The average Bonchev–Trinajstić information content (AvgIpc) is 3.44. The molecule has 1 aliphatic rings. The van der Waals surface area contributed by atoms with Crippen molar-refractivity contribution in [3.63, 3.8) is 0 Å². The van der Waals surface area contributed by atoms with E-state index in [9.17, 15) is 0 Å². The lowest BCUT2D eigenvalue weighted by Gasteiger charge is -2.42. The monoisotopic (exact) mass is 541 g/mol. The van der Waals surface area contributed by atoms with Crippen LogP contribution in [0.25, 0.3) is 11.0 Å². The third-order valence-electron chi connectivity index (χ3n) is 8.09. The molecule has 0 fully saturated rings. The molecule has 0 N–H and O–H groups in total. The molecule has 8 rings (SSSR count). The molecule has 0 saturated heterocycles. The van der Waals surface area contributed by atoms with Crippen LogP contribution in [0, 0.1) is 0 Å². The summed E-state index contributed by atoms with van der Waals surface area (Å²) in [6, 6.07) is 57.7. The predicted molar refractivity (Wildman–Crippen MR) is 169 cm³/mol. The Labute approximate surface area is 244 Å². The van der Waals surface area contributed by atoms with Crippen molar-refractivity contribution < 1.29 is 4.74 Å². The highest BCUT2D eigenvalue weighted by Crippen LogP contribution is 2.53. The number of fused-ring (bicyclic) bond motifs is 4. The molecule has 0 bridgehead atoms. The van der Waals surface area contributed by atoms with Crippen molar-refractivity contribution in [2.24, 2.45) is 0 Å². The quantitative estimate of drug-likeness (QED) is 0.217. The lowest BCUT2D eigenvalue weighted by Crippen LogP contribution is -2.40. The third kappa shape index (κ3) is 3.66. The lowest BCUT2D eigenvalue weighted by molar-refractivity contribution is 0.336. The van der Waals surface area contributed by atoms with E-state index in [0.29, 0.717) is 6.01 Å². The van der Waals surface area contributed by atoms with Gasteiger partial charge in [-0.3, -0.25) is 4.57 Å². The van der Waals surface area contributed by atoms with Gasteiger partial charge in [-0.25, -0.2) is 0 Å². The molecule has 4 heteroatoms. The van der Waals surface area contributed by atoms with Gasteiger partial charge >= 0.3 is 6.01 Å². The van der Waals surface area contributed by atoms with Crippen LogP contribution in [-0.4, -0.2) is 9.55 Å². The van der Waals surface area contributed by atoms with Gasteiger partial charge in [0, 0.05) is 28.7 Å². The molecule has 2 heterocycles. The fourth-order valence-corrected chi connectivity index (χ4v) is 6.34. The minimum absolute atomic E-state index is 0.569. The molecule has 42 heavy (non-hydrogen) atoms. The van der Waals surface area contributed by atoms with E-state index in [2.05, 4.69) is 149 Å². The van der Waals surface area contributed by atoms with Crippen LogP contribution in [0.4, 0.5) is 17.1 Å². The van der Waals surface area contributed by atoms with Crippen molar-refractivity contribution in [3.8, 4) is 11.8 Å². The van der Waals surface area contributed by atoms with Gasteiger partial charge in [-0.05, 0) is 53.6 Å². The molecule has 0 aliphatic carbocycles. The van der Waals surface area contributed by atoms with Crippen LogP contribution in [0.1, 0.15) is 16.7 Å². The SMILES string of the molecule is c1ccc(N(c2ccccc2)c2ccc3c(c2)Oc2nc4ccccc4n2C3(c2ccccc2)c2ccccc2)cc1. The number of imidazole rings is 1. The lowest BCUT2D eigenvalue weighted by atomic mass is 9.75. The zero-order chi connectivity index (χ0) is 27.9. The highest BCUT2D eigenvalue weighted by Gasteiger charge is 2.46. The Bertz CT molecular complexity index is 1920. The van der Waals surface area contributed by atoms with Gasteiger partial charge in [0.15, 0.2) is 0 Å². The summed E-state index contributed by atoms with van der Waals surface area (Å²) < 4.78 is 9.01. The summed E-state index contributed by atoms with van der Waals surface area (Å²) in [4.78, 5) is 7.27. The van der Waals surface area contributed by atoms with E-state index in [4.69, 9.17) is 9.72 Å². The van der Waals surface area contributed by atoms with Crippen LogP contribution < -0.4 is 9.64 Å². The van der Waals surface area contributed by atoms with Crippen molar-refractivity contribution in [2.45, 2.75) is 5.54 Å². The second kappa shape index (κ2) is 9.79. The zero-order valence-electron chi connectivity index (χ0n) is 22.8. The number of anilines is 3. The highest BCUT2D eigenvalue weighted by molar-refractivity contribution is 5.82. The first kappa shape index (κ1) is 24.2. The molecule has 0 saturated carbocycles. The minimum Gasteiger partial charge on any atom is -0.425 e. The summed E-state index contributed by atoms with van der Waals surface area (Å²) in [5.41, 5.74) is 7.70. The van der Waals surface area contributed by atoms with Crippen LogP contribution >= 0.6 is 0 Å². The van der Waals surface area contributed by atoms with Crippen LogP contribution in [0.2, 0.25) is 0 Å². The van der Waals surface area contributed by atoms with E-state index in [1.807, 2.05) is 24.3 Å². The molecular weight excluding hydrogens is 514 g/mol.